The molecule has 0 radical (unpaired) electrons. The molecular weight excluding hydrogens is 456 g/mol. The van der Waals surface area contributed by atoms with Crippen LogP contribution in [0.2, 0.25) is 0 Å². The summed E-state index contributed by atoms with van der Waals surface area (Å²) in [6.07, 6.45) is 0. The fraction of sp³-hybridized carbons (Fsp3) is 0.160. The van der Waals surface area contributed by atoms with Gasteiger partial charge in [-0.3, -0.25) is 9.20 Å². The molecule has 8 heteroatoms. The summed E-state index contributed by atoms with van der Waals surface area (Å²) in [5.74, 6) is 1.06. The van der Waals surface area contributed by atoms with E-state index in [-0.39, 0.29) is 17.9 Å². The van der Waals surface area contributed by atoms with Crippen molar-refractivity contribution in [2.75, 3.05) is 0 Å². The number of thiazole rings is 1. The summed E-state index contributed by atoms with van der Waals surface area (Å²) in [7, 11) is 0. The smallest absolute Gasteiger partial charge is 0.374 e. The van der Waals surface area contributed by atoms with Crippen LogP contribution < -0.4 is 5.56 Å². The van der Waals surface area contributed by atoms with E-state index in [0.29, 0.717) is 22.0 Å². The molecule has 33 heavy (non-hydrogen) atoms. The molecule has 0 atom stereocenters. The third kappa shape index (κ3) is 4.44. The number of fused-ring (bicyclic) bond motifs is 2. The van der Waals surface area contributed by atoms with E-state index in [2.05, 4.69) is 17.1 Å². The normalized spacial score (nSPS) is 11.3. The second-order valence-corrected chi connectivity index (χ2v) is 9.36. The van der Waals surface area contributed by atoms with Gasteiger partial charge in [-0.05, 0) is 18.6 Å². The van der Waals surface area contributed by atoms with Gasteiger partial charge < -0.3 is 9.15 Å². The predicted octanol–water partition coefficient (Wildman–Crippen LogP) is 5.60. The van der Waals surface area contributed by atoms with Gasteiger partial charge in [-0.1, -0.05) is 48.5 Å². The van der Waals surface area contributed by atoms with Crippen molar-refractivity contribution in [3.8, 4) is 0 Å². The molecule has 6 nitrogen and oxygen atoms in total. The lowest BCUT2D eigenvalue weighted by Crippen LogP contribution is -2.16. The fourth-order valence-electron chi connectivity index (χ4n) is 3.63. The minimum atomic E-state index is -0.564. The number of furan rings is 1. The second kappa shape index (κ2) is 9.25. The van der Waals surface area contributed by atoms with Gasteiger partial charge in [0.1, 0.15) is 12.2 Å². The van der Waals surface area contributed by atoms with Crippen molar-refractivity contribution in [1.82, 2.24) is 9.38 Å². The van der Waals surface area contributed by atoms with Gasteiger partial charge in [-0.25, -0.2) is 9.78 Å². The largest absolute Gasteiger partial charge is 0.453 e. The fourth-order valence-corrected chi connectivity index (χ4v) is 5.54. The number of aryl methyl sites for hydroxylation is 1. The number of benzene rings is 2. The standard InChI is InChI=1S/C25H20N2O4S2/c1-16-13-33-25-26-18(11-22(28)27(16)25)12-30-24(29)23-20(19-9-5-6-10-21(19)31-23)15-32-14-17-7-3-2-4-8-17/h2-11,13H,12,14-15H2,1H3. The van der Waals surface area contributed by atoms with Crippen LogP contribution in [0, 0.1) is 6.92 Å². The Balaban J connectivity index is 1.35. The molecule has 3 aromatic heterocycles. The highest BCUT2D eigenvalue weighted by molar-refractivity contribution is 7.97. The summed E-state index contributed by atoms with van der Waals surface area (Å²) in [6, 6.07) is 19.2. The maximum atomic E-state index is 13.0. The SMILES string of the molecule is Cc1csc2nc(COC(=O)c3oc4ccccc4c3CSCc3ccccc3)cc(=O)n12. The summed E-state index contributed by atoms with van der Waals surface area (Å²) >= 11 is 3.08. The molecule has 0 aliphatic heterocycles. The zero-order valence-electron chi connectivity index (χ0n) is 17.8. The van der Waals surface area contributed by atoms with Crippen LogP contribution in [0.4, 0.5) is 0 Å². The predicted molar refractivity (Wildman–Crippen MR) is 131 cm³/mol. The molecule has 0 aliphatic rings. The summed E-state index contributed by atoms with van der Waals surface area (Å²) in [6.45, 7) is 1.75. The Labute approximate surface area is 197 Å². The Morgan fingerprint density at radius 3 is 2.76 bits per heavy atom. The molecule has 0 N–H and O–H groups in total. The summed E-state index contributed by atoms with van der Waals surface area (Å²) in [5.41, 5.74) is 3.73. The number of ether oxygens (including phenoxy) is 1. The minimum absolute atomic E-state index is 0.102. The first-order valence-electron chi connectivity index (χ1n) is 10.4. The van der Waals surface area contributed by atoms with E-state index >= 15 is 0 Å². The van der Waals surface area contributed by atoms with Crippen LogP contribution >= 0.6 is 23.1 Å². The lowest BCUT2D eigenvalue weighted by molar-refractivity contribution is 0.0432. The Hall–Kier alpha value is -3.36. The molecule has 0 unspecified atom stereocenters. The van der Waals surface area contributed by atoms with Crippen LogP contribution in [0.3, 0.4) is 0 Å². The molecule has 3 heterocycles. The Bertz CT molecular complexity index is 1500. The molecule has 5 rings (SSSR count). The summed E-state index contributed by atoms with van der Waals surface area (Å²) in [4.78, 5) is 30.3. The lowest BCUT2D eigenvalue weighted by Gasteiger charge is -2.06. The maximum Gasteiger partial charge on any atom is 0.374 e. The topological polar surface area (TPSA) is 73.8 Å². The first-order valence-corrected chi connectivity index (χ1v) is 12.4. The van der Waals surface area contributed by atoms with Crippen molar-refractivity contribution in [3.05, 3.63) is 105 Å². The Kier molecular flexibility index (Phi) is 6.02. The summed E-state index contributed by atoms with van der Waals surface area (Å²) in [5, 5.41) is 2.77. The monoisotopic (exact) mass is 476 g/mol. The third-order valence-corrected chi connectivity index (χ3v) is 7.20. The molecule has 2 aromatic carbocycles. The molecule has 0 fully saturated rings. The average molecular weight is 477 g/mol. The van der Waals surface area contributed by atoms with Crippen LogP contribution in [-0.2, 0) is 22.8 Å². The van der Waals surface area contributed by atoms with E-state index < -0.39 is 5.97 Å². The van der Waals surface area contributed by atoms with E-state index in [1.54, 1.807) is 11.8 Å². The number of carbonyl (C=O) groups is 1. The zero-order chi connectivity index (χ0) is 22.8. The van der Waals surface area contributed by atoms with E-state index in [1.165, 1.54) is 27.4 Å². The number of thioether (sulfide) groups is 1. The van der Waals surface area contributed by atoms with Gasteiger partial charge in [0.05, 0.1) is 5.69 Å². The third-order valence-electron chi connectivity index (χ3n) is 5.22. The molecule has 0 amide bonds. The Morgan fingerprint density at radius 2 is 1.91 bits per heavy atom. The highest BCUT2D eigenvalue weighted by Crippen LogP contribution is 2.31. The van der Waals surface area contributed by atoms with Crippen LogP contribution in [0.1, 0.15) is 33.1 Å². The van der Waals surface area contributed by atoms with Crippen molar-refractivity contribution in [3.63, 3.8) is 0 Å². The molecule has 166 valence electrons. The molecule has 0 saturated heterocycles. The van der Waals surface area contributed by atoms with Crippen LogP contribution in [0.25, 0.3) is 15.9 Å². The first kappa shape index (κ1) is 21.5. The number of esters is 1. The molecular formula is C25H20N2O4S2. The number of nitrogens with zero attached hydrogens (tertiary/aromatic N) is 2. The number of hydrogen-bond donors (Lipinski definition) is 0. The van der Waals surface area contributed by atoms with E-state index in [0.717, 1.165) is 22.4 Å². The molecule has 5 aromatic rings. The van der Waals surface area contributed by atoms with Gasteiger partial charge in [-0.2, -0.15) is 11.8 Å². The number of para-hydroxylation sites is 1. The van der Waals surface area contributed by atoms with Crippen molar-refractivity contribution in [2.24, 2.45) is 0 Å². The van der Waals surface area contributed by atoms with E-state index in [1.807, 2.05) is 54.8 Å². The lowest BCUT2D eigenvalue weighted by atomic mass is 10.1. The van der Waals surface area contributed by atoms with Gasteiger partial charge in [0.2, 0.25) is 5.76 Å². The number of carbonyl (C=O) groups excluding carboxylic acids is 1. The number of aromatic nitrogens is 2. The highest BCUT2D eigenvalue weighted by atomic mass is 32.2. The quantitative estimate of drug-likeness (QED) is 0.285. The van der Waals surface area contributed by atoms with Crippen molar-refractivity contribution in [1.29, 1.82) is 0 Å². The van der Waals surface area contributed by atoms with Gasteiger partial charge in [0.15, 0.2) is 4.96 Å². The maximum absolute atomic E-state index is 13.0. The second-order valence-electron chi connectivity index (χ2n) is 7.54. The van der Waals surface area contributed by atoms with Gasteiger partial charge >= 0.3 is 5.97 Å². The molecule has 0 spiro atoms. The summed E-state index contributed by atoms with van der Waals surface area (Å²) < 4.78 is 12.9. The van der Waals surface area contributed by atoms with Crippen LogP contribution in [0.15, 0.2) is 75.3 Å². The van der Waals surface area contributed by atoms with Crippen molar-refractivity contribution < 1.29 is 13.9 Å². The van der Waals surface area contributed by atoms with Gasteiger partial charge in [0.25, 0.3) is 5.56 Å². The van der Waals surface area contributed by atoms with E-state index in [4.69, 9.17) is 9.15 Å². The number of rotatable bonds is 7. The van der Waals surface area contributed by atoms with Crippen molar-refractivity contribution >= 4 is 45.0 Å². The minimum Gasteiger partial charge on any atom is -0.453 e. The Morgan fingerprint density at radius 1 is 1.12 bits per heavy atom. The van der Waals surface area contributed by atoms with E-state index in [9.17, 15) is 9.59 Å². The molecule has 0 saturated carbocycles. The first-order chi connectivity index (χ1) is 16.1. The van der Waals surface area contributed by atoms with Crippen LogP contribution in [0.5, 0.6) is 0 Å². The molecule has 0 aliphatic carbocycles. The zero-order valence-corrected chi connectivity index (χ0v) is 19.4. The number of hydrogen-bond acceptors (Lipinski definition) is 7. The van der Waals surface area contributed by atoms with Gasteiger partial charge in [-0.15, -0.1) is 11.3 Å². The molecule has 0 bridgehead atoms. The van der Waals surface area contributed by atoms with Crippen molar-refractivity contribution in [2.45, 2.75) is 25.0 Å². The average Bonchev–Trinajstić information content (AvgIpc) is 3.39. The highest BCUT2D eigenvalue weighted by Gasteiger charge is 2.22. The van der Waals surface area contributed by atoms with Gasteiger partial charge in [0, 0.05) is 39.6 Å². The van der Waals surface area contributed by atoms with Crippen LogP contribution in [-0.4, -0.2) is 15.4 Å².